The molecule has 1 saturated heterocycles. The summed E-state index contributed by atoms with van der Waals surface area (Å²) in [6, 6.07) is 12.7. The summed E-state index contributed by atoms with van der Waals surface area (Å²) in [5.41, 5.74) is 2.53. The molecule has 4 rings (SSSR count). The molecule has 1 aromatic heterocycles. The van der Waals surface area contributed by atoms with Crippen molar-refractivity contribution in [3.8, 4) is 11.3 Å². The lowest BCUT2D eigenvalue weighted by Gasteiger charge is -2.34. The Morgan fingerprint density at radius 2 is 1.66 bits per heavy atom. The van der Waals surface area contributed by atoms with Gasteiger partial charge < -0.3 is 4.90 Å². The van der Waals surface area contributed by atoms with Gasteiger partial charge in [-0.2, -0.15) is 0 Å². The quantitative estimate of drug-likeness (QED) is 0.493. The molecule has 0 bridgehead atoms. The van der Waals surface area contributed by atoms with E-state index in [4.69, 9.17) is 39.8 Å². The van der Waals surface area contributed by atoms with Crippen LogP contribution >= 0.6 is 46.1 Å². The minimum Gasteiger partial charge on any atom is -0.336 e. The first-order valence-corrected chi connectivity index (χ1v) is 11.2. The Hall–Kier alpha value is -1.63. The maximum atomic E-state index is 12.7. The standard InChI is InChI=1S/C21H18Cl3N3OS/c22-15-3-1-14(2-4-15)19-13-29-20(25-19)12-26-7-9-27(10-8-26)21(28)17-6-5-16(23)11-18(17)24/h1-6,11,13H,7-10,12H2. The van der Waals surface area contributed by atoms with Crippen LogP contribution in [-0.4, -0.2) is 46.9 Å². The third-order valence-electron chi connectivity index (χ3n) is 4.87. The molecule has 0 N–H and O–H groups in total. The van der Waals surface area contributed by atoms with Gasteiger partial charge in [-0.05, 0) is 30.3 Å². The molecule has 29 heavy (non-hydrogen) atoms. The highest BCUT2D eigenvalue weighted by Crippen LogP contribution is 2.25. The highest BCUT2D eigenvalue weighted by molar-refractivity contribution is 7.09. The largest absolute Gasteiger partial charge is 0.336 e. The molecule has 1 fully saturated rings. The monoisotopic (exact) mass is 465 g/mol. The van der Waals surface area contributed by atoms with Gasteiger partial charge in [0.15, 0.2) is 0 Å². The molecule has 0 saturated carbocycles. The Morgan fingerprint density at radius 3 is 2.34 bits per heavy atom. The second-order valence-corrected chi connectivity index (χ2v) is 9.05. The Morgan fingerprint density at radius 1 is 0.966 bits per heavy atom. The molecule has 0 radical (unpaired) electrons. The van der Waals surface area contributed by atoms with Gasteiger partial charge in [-0.3, -0.25) is 9.69 Å². The summed E-state index contributed by atoms with van der Waals surface area (Å²) < 4.78 is 0. The summed E-state index contributed by atoms with van der Waals surface area (Å²) in [6.45, 7) is 3.70. The van der Waals surface area contributed by atoms with Crippen molar-refractivity contribution in [2.45, 2.75) is 6.54 Å². The third-order valence-corrected chi connectivity index (χ3v) is 6.51. The molecule has 4 nitrogen and oxygen atoms in total. The first kappa shape index (κ1) is 20.6. The summed E-state index contributed by atoms with van der Waals surface area (Å²) in [6.07, 6.45) is 0. The second-order valence-electron chi connectivity index (χ2n) is 6.83. The summed E-state index contributed by atoms with van der Waals surface area (Å²) in [5, 5.41) is 4.77. The summed E-state index contributed by atoms with van der Waals surface area (Å²) >= 11 is 19.7. The molecular formula is C21H18Cl3N3OS. The maximum absolute atomic E-state index is 12.7. The third kappa shape index (κ3) is 4.93. The highest BCUT2D eigenvalue weighted by Gasteiger charge is 2.24. The second kappa shape index (κ2) is 9.02. The summed E-state index contributed by atoms with van der Waals surface area (Å²) in [4.78, 5) is 21.6. The smallest absolute Gasteiger partial charge is 0.255 e. The van der Waals surface area contributed by atoms with E-state index in [9.17, 15) is 4.79 Å². The van der Waals surface area contributed by atoms with Gasteiger partial charge in [-0.15, -0.1) is 11.3 Å². The molecular weight excluding hydrogens is 449 g/mol. The predicted molar refractivity (Wildman–Crippen MR) is 120 cm³/mol. The lowest BCUT2D eigenvalue weighted by molar-refractivity contribution is 0.0628. The van der Waals surface area contributed by atoms with Crippen LogP contribution in [0.3, 0.4) is 0 Å². The van der Waals surface area contributed by atoms with Gasteiger partial charge in [-0.25, -0.2) is 4.98 Å². The molecule has 0 unspecified atom stereocenters. The van der Waals surface area contributed by atoms with Crippen molar-refractivity contribution in [1.29, 1.82) is 0 Å². The normalized spacial score (nSPS) is 14.9. The van der Waals surface area contributed by atoms with E-state index in [-0.39, 0.29) is 5.91 Å². The van der Waals surface area contributed by atoms with Crippen LogP contribution in [0.4, 0.5) is 0 Å². The van der Waals surface area contributed by atoms with E-state index in [0.29, 0.717) is 28.7 Å². The van der Waals surface area contributed by atoms with Crippen LogP contribution in [0.5, 0.6) is 0 Å². The Balaban J connectivity index is 1.34. The molecule has 1 aliphatic rings. The average molecular weight is 467 g/mol. The van der Waals surface area contributed by atoms with Crippen molar-refractivity contribution in [2.24, 2.45) is 0 Å². The van der Waals surface area contributed by atoms with Gasteiger partial charge in [0.05, 0.1) is 22.8 Å². The minimum atomic E-state index is -0.0504. The van der Waals surface area contributed by atoms with Gasteiger partial charge in [0.2, 0.25) is 0 Å². The van der Waals surface area contributed by atoms with E-state index in [1.165, 1.54) is 0 Å². The van der Waals surface area contributed by atoms with E-state index in [2.05, 4.69) is 10.3 Å². The summed E-state index contributed by atoms with van der Waals surface area (Å²) in [7, 11) is 0. The number of halogens is 3. The van der Waals surface area contributed by atoms with Gasteiger partial charge in [0.25, 0.3) is 5.91 Å². The lowest BCUT2D eigenvalue weighted by Crippen LogP contribution is -2.48. The van der Waals surface area contributed by atoms with Gasteiger partial charge >= 0.3 is 0 Å². The number of piperazine rings is 1. The topological polar surface area (TPSA) is 36.4 Å². The summed E-state index contributed by atoms with van der Waals surface area (Å²) in [5.74, 6) is -0.0504. The first-order valence-electron chi connectivity index (χ1n) is 9.16. The van der Waals surface area contributed by atoms with Crippen molar-refractivity contribution in [2.75, 3.05) is 26.2 Å². The molecule has 150 valence electrons. The number of hydrogen-bond donors (Lipinski definition) is 0. The zero-order chi connectivity index (χ0) is 20.4. The van der Waals surface area contributed by atoms with Crippen LogP contribution in [0.2, 0.25) is 15.1 Å². The van der Waals surface area contributed by atoms with Gasteiger partial charge in [0.1, 0.15) is 5.01 Å². The van der Waals surface area contributed by atoms with E-state index >= 15 is 0 Å². The fourth-order valence-electron chi connectivity index (χ4n) is 3.27. The van der Waals surface area contributed by atoms with Crippen LogP contribution in [-0.2, 0) is 6.54 Å². The maximum Gasteiger partial charge on any atom is 0.255 e. The van der Waals surface area contributed by atoms with Crippen LogP contribution in [0.15, 0.2) is 47.8 Å². The van der Waals surface area contributed by atoms with E-state index in [1.807, 2.05) is 29.2 Å². The van der Waals surface area contributed by atoms with Crippen LogP contribution in [0.1, 0.15) is 15.4 Å². The van der Waals surface area contributed by atoms with Crippen LogP contribution in [0, 0.1) is 0 Å². The number of benzene rings is 2. The number of carbonyl (C=O) groups excluding carboxylic acids is 1. The molecule has 2 heterocycles. The molecule has 8 heteroatoms. The van der Waals surface area contributed by atoms with E-state index in [1.54, 1.807) is 29.5 Å². The van der Waals surface area contributed by atoms with Crippen LogP contribution < -0.4 is 0 Å². The number of amides is 1. The SMILES string of the molecule is O=C(c1ccc(Cl)cc1Cl)N1CCN(Cc2nc(-c3ccc(Cl)cc3)cs2)CC1. The van der Waals surface area contributed by atoms with Crippen molar-refractivity contribution in [3.63, 3.8) is 0 Å². The number of aromatic nitrogens is 1. The van der Waals surface area contributed by atoms with Crippen molar-refractivity contribution >= 4 is 52.0 Å². The van der Waals surface area contributed by atoms with E-state index < -0.39 is 0 Å². The fraction of sp³-hybridized carbons (Fsp3) is 0.238. The Labute approximate surface area is 188 Å². The number of rotatable bonds is 4. The van der Waals surface area contributed by atoms with Gasteiger partial charge in [-0.1, -0.05) is 46.9 Å². The molecule has 0 aliphatic carbocycles. The molecule has 3 aromatic rings. The Bertz CT molecular complexity index is 1010. The predicted octanol–water partition coefficient (Wildman–Crippen LogP) is 5.73. The van der Waals surface area contributed by atoms with E-state index in [0.717, 1.165) is 40.9 Å². The molecule has 2 aromatic carbocycles. The zero-order valence-corrected chi connectivity index (χ0v) is 18.5. The zero-order valence-electron chi connectivity index (χ0n) is 15.4. The minimum absolute atomic E-state index is 0.0504. The fourth-order valence-corrected chi connectivity index (χ4v) is 4.73. The van der Waals surface area contributed by atoms with Crippen LogP contribution in [0.25, 0.3) is 11.3 Å². The molecule has 0 spiro atoms. The number of nitrogens with zero attached hydrogens (tertiary/aromatic N) is 3. The van der Waals surface area contributed by atoms with Gasteiger partial charge in [0, 0.05) is 47.2 Å². The van der Waals surface area contributed by atoms with Crippen molar-refractivity contribution in [3.05, 3.63) is 73.5 Å². The molecule has 1 aliphatic heterocycles. The van der Waals surface area contributed by atoms with Crippen molar-refractivity contribution < 1.29 is 4.79 Å². The lowest BCUT2D eigenvalue weighted by atomic mass is 10.1. The first-order chi connectivity index (χ1) is 14.0. The number of carbonyl (C=O) groups is 1. The highest BCUT2D eigenvalue weighted by atomic mass is 35.5. The average Bonchev–Trinajstić information content (AvgIpc) is 3.17. The number of thiazole rings is 1. The number of hydrogen-bond acceptors (Lipinski definition) is 4. The van der Waals surface area contributed by atoms with Crippen molar-refractivity contribution in [1.82, 2.24) is 14.8 Å². The molecule has 0 atom stereocenters. The molecule has 1 amide bonds. The Kier molecular flexibility index (Phi) is 6.42.